The molecule has 1 aliphatic rings. The van der Waals surface area contributed by atoms with Crippen molar-refractivity contribution < 1.29 is 4.79 Å². The van der Waals surface area contributed by atoms with Crippen LogP contribution >= 0.6 is 0 Å². The first-order valence-corrected chi connectivity index (χ1v) is 8.37. The Morgan fingerprint density at radius 3 is 2.48 bits per heavy atom. The quantitative estimate of drug-likeness (QED) is 0.412. The second-order valence-corrected chi connectivity index (χ2v) is 6.47. The fraction of sp³-hybridized carbons (Fsp3) is 0.0435. The predicted octanol–water partition coefficient (Wildman–Crippen LogP) is 5.42. The Kier molecular flexibility index (Phi) is 2.89. The summed E-state index contributed by atoms with van der Waals surface area (Å²) >= 11 is 0. The molecule has 0 atom stereocenters. The van der Waals surface area contributed by atoms with Crippen molar-refractivity contribution in [2.45, 2.75) is 6.92 Å². The van der Waals surface area contributed by atoms with Gasteiger partial charge in [0.2, 0.25) is 0 Å². The first-order chi connectivity index (χ1) is 12.2. The number of hydrogen-bond acceptors (Lipinski definition) is 2. The molecule has 1 heterocycles. The number of aromatic nitrogens is 1. The highest BCUT2D eigenvalue weighted by Crippen LogP contribution is 2.42. The van der Waals surface area contributed by atoms with Crippen LogP contribution in [-0.4, -0.2) is 10.8 Å². The van der Waals surface area contributed by atoms with E-state index in [1.165, 1.54) is 0 Å². The topological polar surface area (TPSA) is 30.0 Å². The second-order valence-electron chi connectivity index (χ2n) is 6.47. The van der Waals surface area contributed by atoms with Crippen molar-refractivity contribution in [1.29, 1.82) is 0 Å². The Balaban J connectivity index is 1.86. The molecular formula is C23H15NO. The Labute approximate surface area is 145 Å². The fourth-order valence-electron chi connectivity index (χ4n) is 3.80. The molecule has 3 aromatic carbocycles. The smallest absolute Gasteiger partial charge is 0.194 e. The zero-order valence-corrected chi connectivity index (χ0v) is 13.8. The highest BCUT2D eigenvalue weighted by molar-refractivity contribution is 6.24. The Morgan fingerprint density at radius 2 is 1.64 bits per heavy atom. The molecule has 2 nitrogen and oxygen atoms in total. The van der Waals surface area contributed by atoms with Crippen LogP contribution in [0.15, 0.2) is 72.9 Å². The van der Waals surface area contributed by atoms with Crippen LogP contribution < -0.4 is 0 Å². The van der Waals surface area contributed by atoms with Gasteiger partial charge in [0.25, 0.3) is 0 Å². The molecule has 2 heteroatoms. The number of ketones is 1. The molecule has 0 amide bonds. The minimum Gasteiger partial charge on any atom is -0.289 e. The third kappa shape index (κ3) is 1.97. The third-order valence-corrected chi connectivity index (χ3v) is 4.98. The second kappa shape index (κ2) is 5.12. The van der Waals surface area contributed by atoms with Crippen LogP contribution in [0.5, 0.6) is 0 Å². The van der Waals surface area contributed by atoms with E-state index in [1.54, 1.807) is 0 Å². The molecule has 0 saturated carbocycles. The monoisotopic (exact) mass is 321 g/mol. The largest absolute Gasteiger partial charge is 0.289 e. The number of carbonyl (C=O) groups excluding carboxylic acids is 1. The number of benzene rings is 3. The minimum atomic E-state index is 0.119. The number of pyridine rings is 1. The third-order valence-electron chi connectivity index (χ3n) is 4.98. The SMILES string of the molecule is Cc1cccc2c1-c1cc3c(-c4ccccc4)nccc3cc1C2=O. The Morgan fingerprint density at radius 1 is 0.800 bits per heavy atom. The molecule has 1 aliphatic carbocycles. The van der Waals surface area contributed by atoms with E-state index in [2.05, 4.69) is 36.2 Å². The lowest BCUT2D eigenvalue weighted by molar-refractivity contribution is 0.104. The van der Waals surface area contributed by atoms with Crippen LogP contribution in [0.3, 0.4) is 0 Å². The molecule has 118 valence electrons. The summed E-state index contributed by atoms with van der Waals surface area (Å²) in [5, 5.41) is 2.13. The molecule has 0 radical (unpaired) electrons. The highest BCUT2D eigenvalue weighted by atomic mass is 16.1. The van der Waals surface area contributed by atoms with Crippen molar-refractivity contribution in [1.82, 2.24) is 4.98 Å². The average molecular weight is 321 g/mol. The summed E-state index contributed by atoms with van der Waals surface area (Å²) in [6.45, 7) is 2.06. The first-order valence-electron chi connectivity index (χ1n) is 8.37. The van der Waals surface area contributed by atoms with Gasteiger partial charge < -0.3 is 0 Å². The van der Waals surface area contributed by atoms with Gasteiger partial charge in [0.1, 0.15) is 0 Å². The van der Waals surface area contributed by atoms with E-state index in [-0.39, 0.29) is 5.78 Å². The summed E-state index contributed by atoms with van der Waals surface area (Å²) in [5.41, 5.74) is 6.86. The van der Waals surface area contributed by atoms with Crippen molar-refractivity contribution in [2.24, 2.45) is 0 Å². The molecule has 0 spiro atoms. The summed E-state index contributed by atoms with van der Waals surface area (Å²) in [7, 11) is 0. The van der Waals surface area contributed by atoms with Crippen LogP contribution in [0.25, 0.3) is 33.2 Å². The standard InChI is InChI=1S/C23H15NO/c1-14-6-5-9-17-21(14)19-13-18-16(12-20(19)23(17)25)10-11-24-22(18)15-7-3-2-4-8-15/h2-13H,1H3. The number of rotatable bonds is 1. The van der Waals surface area contributed by atoms with E-state index in [0.29, 0.717) is 0 Å². The summed E-state index contributed by atoms with van der Waals surface area (Å²) < 4.78 is 0. The van der Waals surface area contributed by atoms with E-state index in [4.69, 9.17) is 0 Å². The van der Waals surface area contributed by atoms with Crippen LogP contribution in [0.1, 0.15) is 21.5 Å². The summed E-state index contributed by atoms with van der Waals surface area (Å²) in [4.78, 5) is 17.4. The van der Waals surface area contributed by atoms with Gasteiger partial charge in [-0.3, -0.25) is 9.78 Å². The van der Waals surface area contributed by atoms with Gasteiger partial charge in [0.15, 0.2) is 5.78 Å². The van der Waals surface area contributed by atoms with Gasteiger partial charge in [0, 0.05) is 28.3 Å². The lowest BCUT2D eigenvalue weighted by atomic mass is 9.96. The van der Waals surface area contributed by atoms with Gasteiger partial charge in [-0.25, -0.2) is 0 Å². The van der Waals surface area contributed by atoms with Gasteiger partial charge in [-0.15, -0.1) is 0 Å². The average Bonchev–Trinajstić information content (AvgIpc) is 2.93. The zero-order chi connectivity index (χ0) is 17.0. The molecule has 0 N–H and O–H groups in total. The summed E-state index contributed by atoms with van der Waals surface area (Å²) in [6, 6.07) is 22.2. The van der Waals surface area contributed by atoms with Gasteiger partial charge in [-0.2, -0.15) is 0 Å². The summed E-state index contributed by atoms with van der Waals surface area (Å²) in [5.74, 6) is 0.119. The first kappa shape index (κ1) is 14.1. The van der Waals surface area contributed by atoms with Crippen molar-refractivity contribution in [3.63, 3.8) is 0 Å². The molecular weight excluding hydrogens is 306 g/mol. The Bertz CT molecular complexity index is 1160. The summed E-state index contributed by atoms with van der Waals surface area (Å²) in [6.07, 6.45) is 1.81. The minimum absolute atomic E-state index is 0.119. The maximum absolute atomic E-state index is 12.8. The van der Waals surface area contributed by atoms with E-state index in [9.17, 15) is 4.79 Å². The van der Waals surface area contributed by atoms with Crippen molar-refractivity contribution in [3.05, 3.63) is 89.6 Å². The number of carbonyl (C=O) groups is 1. The van der Waals surface area contributed by atoms with E-state index < -0.39 is 0 Å². The molecule has 0 saturated heterocycles. The lowest BCUT2D eigenvalue weighted by Gasteiger charge is -2.09. The van der Waals surface area contributed by atoms with Crippen LogP contribution in [-0.2, 0) is 0 Å². The molecule has 5 rings (SSSR count). The number of nitrogens with zero attached hydrogens (tertiary/aromatic N) is 1. The van der Waals surface area contributed by atoms with Crippen LogP contribution in [0.2, 0.25) is 0 Å². The predicted molar refractivity (Wildman–Crippen MR) is 101 cm³/mol. The normalized spacial score (nSPS) is 12.3. The van der Waals surface area contributed by atoms with Crippen LogP contribution in [0, 0.1) is 6.92 Å². The molecule has 25 heavy (non-hydrogen) atoms. The zero-order valence-electron chi connectivity index (χ0n) is 13.8. The number of aryl methyl sites for hydroxylation is 1. The van der Waals surface area contributed by atoms with Crippen molar-refractivity contribution >= 4 is 16.6 Å². The van der Waals surface area contributed by atoms with Gasteiger partial charge >= 0.3 is 0 Å². The molecule has 1 aromatic heterocycles. The van der Waals surface area contributed by atoms with Crippen LogP contribution in [0.4, 0.5) is 0 Å². The van der Waals surface area contributed by atoms with Gasteiger partial charge in [0.05, 0.1) is 5.69 Å². The fourth-order valence-corrected chi connectivity index (χ4v) is 3.80. The lowest BCUT2D eigenvalue weighted by Crippen LogP contribution is -1.95. The molecule has 0 unspecified atom stereocenters. The molecule has 4 aromatic rings. The molecule has 0 aliphatic heterocycles. The molecule has 0 bridgehead atoms. The molecule has 0 fully saturated rings. The maximum atomic E-state index is 12.8. The maximum Gasteiger partial charge on any atom is 0.194 e. The van der Waals surface area contributed by atoms with Gasteiger partial charge in [-0.1, -0.05) is 48.5 Å². The Hall–Kier alpha value is -3.26. The van der Waals surface area contributed by atoms with E-state index in [1.807, 2.05) is 48.7 Å². The number of hydrogen-bond donors (Lipinski definition) is 0. The van der Waals surface area contributed by atoms with E-state index >= 15 is 0 Å². The highest BCUT2D eigenvalue weighted by Gasteiger charge is 2.28. The number of fused-ring (bicyclic) bond motifs is 4. The van der Waals surface area contributed by atoms with E-state index in [0.717, 1.165) is 49.8 Å². The van der Waals surface area contributed by atoms with Crippen molar-refractivity contribution in [3.8, 4) is 22.4 Å². The van der Waals surface area contributed by atoms with Crippen molar-refractivity contribution in [2.75, 3.05) is 0 Å². The van der Waals surface area contributed by atoms with Gasteiger partial charge in [-0.05, 0) is 47.2 Å².